The van der Waals surface area contributed by atoms with Crippen molar-refractivity contribution in [1.82, 2.24) is 5.06 Å². The molecule has 0 aromatic rings. The zero-order chi connectivity index (χ0) is 11.4. The summed E-state index contributed by atoms with van der Waals surface area (Å²) in [6.07, 6.45) is 1.87. The average Bonchev–Trinajstić information content (AvgIpc) is 2.27. The molecule has 1 aliphatic rings. The molecule has 1 rings (SSSR count). The Kier molecular flexibility index (Phi) is 4.08. The largest absolute Gasteiger partial charge is 0.481 e. The Hall–Kier alpha value is -1.10. The van der Waals surface area contributed by atoms with Crippen LogP contribution >= 0.6 is 0 Å². The number of nitrogens with zero attached hydrogens (tertiary/aromatic N) is 1. The Morgan fingerprint density at radius 3 is 2.40 bits per heavy atom. The predicted octanol–water partition coefficient (Wildman–Crippen LogP) is 0.897. The first-order chi connectivity index (χ1) is 7.04. The van der Waals surface area contributed by atoms with Crippen LogP contribution in [0.2, 0.25) is 0 Å². The first-order valence-electron chi connectivity index (χ1n) is 5.21. The SMILES string of the molecule is CC(C(=O)O)C(C)C(=O)N1CCCCO1. The molecule has 1 fully saturated rings. The lowest BCUT2D eigenvalue weighted by molar-refractivity contribution is -0.202. The molecule has 0 radical (unpaired) electrons. The van der Waals surface area contributed by atoms with Gasteiger partial charge in [0, 0.05) is 6.54 Å². The summed E-state index contributed by atoms with van der Waals surface area (Å²) in [5, 5.41) is 10.1. The van der Waals surface area contributed by atoms with Crippen LogP contribution < -0.4 is 0 Å². The van der Waals surface area contributed by atoms with Gasteiger partial charge in [0.05, 0.1) is 18.4 Å². The van der Waals surface area contributed by atoms with E-state index in [4.69, 9.17) is 9.94 Å². The van der Waals surface area contributed by atoms with Crippen LogP contribution in [0.5, 0.6) is 0 Å². The minimum Gasteiger partial charge on any atom is -0.481 e. The molecule has 5 heteroatoms. The van der Waals surface area contributed by atoms with Crippen molar-refractivity contribution in [2.45, 2.75) is 26.7 Å². The number of hydroxylamine groups is 2. The number of hydrogen-bond donors (Lipinski definition) is 1. The second-order valence-corrected chi connectivity index (χ2v) is 3.90. The summed E-state index contributed by atoms with van der Waals surface area (Å²) >= 11 is 0. The van der Waals surface area contributed by atoms with Crippen LogP contribution in [0.25, 0.3) is 0 Å². The third-order valence-corrected chi connectivity index (χ3v) is 2.78. The minimum absolute atomic E-state index is 0.232. The Labute approximate surface area is 89.0 Å². The van der Waals surface area contributed by atoms with Gasteiger partial charge >= 0.3 is 5.97 Å². The monoisotopic (exact) mass is 215 g/mol. The summed E-state index contributed by atoms with van der Waals surface area (Å²) in [5.41, 5.74) is 0. The fraction of sp³-hybridized carbons (Fsp3) is 0.800. The van der Waals surface area contributed by atoms with Gasteiger partial charge in [-0.3, -0.25) is 14.4 Å². The lowest BCUT2D eigenvalue weighted by atomic mass is 9.95. The Morgan fingerprint density at radius 1 is 1.27 bits per heavy atom. The van der Waals surface area contributed by atoms with Gasteiger partial charge in [0.15, 0.2) is 0 Å². The molecule has 15 heavy (non-hydrogen) atoms. The van der Waals surface area contributed by atoms with Crippen molar-refractivity contribution < 1.29 is 19.5 Å². The minimum atomic E-state index is -0.951. The number of aliphatic carboxylic acids is 1. The van der Waals surface area contributed by atoms with Gasteiger partial charge in [-0.15, -0.1) is 0 Å². The fourth-order valence-electron chi connectivity index (χ4n) is 1.43. The predicted molar refractivity (Wildman–Crippen MR) is 52.9 cm³/mol. The molecular weight excluding hydrogens is 198 g/mol. The van der Waals surface area contributed by atoms with Crippen LogP contribution in [0.4, 0.5) is 0 Å². The molecule has 0 aromatic carbocycles. The third-order valence-electron chi connectivity index (χ3n) is 2.78. The molecule has 0 bridgehead atoms. The van der Waals surface area contributed by atoms with Crippen molar-refractivity contribution in [1.29, 1.82) is 0 Å². The van der Waals surface area contributed by atoms with Crippen molar-refractivity contribution in [3.63, 3.8) is 0 Å². The molecule has 2 unspecified atom stereocenters. The molecule has 1 aliphatic heterocycles. The molecule has 2 atom stereocenters. The molecule has 0 saturated carbocycles. The zero-order valence-corrected chi connectivity index (χ0v) is 9.10. The summed E-state index contributed by atoms with van der Waals surface area (Å²) in [4.78, 5) is 27.7. The highest BCUT2D eigenvalue weighted by atomic mass is 16.7. The lowest BCUT2D eigenvalue weighted by Crippen LogP contribution is -2.41. The second kappa shape index (κ2) is 5.11. The molecule has 1 heterocycles. The quantitative estimate of drug-likeness (QED) is 0.759. The molecule has 86 valence electrons. The van der Waals surface area contributed by atoms with E-state index < -0.39 is 17.8 Å². The Balaban J connectivity index is 2.54. The van der Waals surface area contributed by atoms with Crippen LogP contribution in [0.3, 0.4) is 0 Å². The molecule has 0 aliphatic carbocycles. The van der Waals surface area contributed by atoms with E-state index >= 15 is 0 Å². The van der Waals surface area contributed by atoms with Gasteiger partial charge in [-0.2, -0.15) is 0 Å². The summed E-state index contributed by atoms with van der Waals surface area (Å²) in [6.45, 7) is 4.27. The van der Waals surface area contributed by atoms with Gasteiger partial charge in [0.1, 0.15) is 0 Å². The van der Waals surface area contributed by atoms with Gasteiger partial charge < -0.3 is 5.11 Å². The van der Waals surface area contributed by atoms with E-state index in [-0.39, 0.29) is 5.91 Å². The molecule has 1 saturated heterocycles. The molecule has 1 amide bonds. The fourth-order valence-corrected chi connectivity index (χ4v) is 1.43. The molecule has 1 N–H and O–H groups in total. The molecule has 0 spiro atoms. The van der Waals surface area contributed by atoms with Crippen LogP contribution in [-0.2, 0) is 14.4 Å². The van der Waals surface area contributed by atoms with Gasteiger partial charge in [0.2, 0.25) is 5.91 Å². The number of hydrogen-bond acceptors (Lipinski definition) is 3. The highest BCUT2D eigenvalue weighted by Gasteiger charge is 2.30. The summed E-state index contributed by atoms with van der Waals surface area (Å²) < 4.78 is 0. The third kappa shape index (κ3) is 2.92. The summed E-state index contributed by atoms with van der Waals surface area (Å²) in [5.74, 6) is -2.40. The van der Waals surface area contributed by atoms with Crippen LogP contribution in [0.1, 0.15) is 26.7 Å². The van der Waals surface area contributed by atoms with Gasteiger partial charge in [0.25, 0.3) is 0 Å². The lowest BCUT2D eigenvalue weighted by Gasteiger charge is -2.29. The van der Waals surface area contributed by atoms with E-state index in [1.807, 2.05) is 0 Å². The highest BCUT2D eigenvalue weighted by Crippen LogP contribution is 2.17. The molecule has 0 aromatic heterocycles. The van der Waals surface area contributed by atoms with Crippen LogP contribution in [0.15, 0.2) is 0 Å². The first-order valence-corrected chi connectivity index (χ1v) is 5.21. The maximum Gasteiger partial charge on any atom is 0.307 e. The van der Waals surface area contributed by atoms with E-state index in [2.05, 4.69) is 0 Å². The Bertz CT molecular complexity index is 248. The number of rotatable bonds is 3. The number of carbonyl (C=O) groups is 2. The Morgan fingerprint density at radius 2 is 1.93 bits per heavy atom. The summed E-state index contributed by atoms with van der Waals surface area (Å²) in [7, 11) is 0. The standard InChI is InChI=1S/C10H17NO4/c1-7(8(2)10(13)14)9(12)11-5-3-4-6-15-11/h7-8H,3-6H2,1-2H3,(H,13,14). The second-order valence-electron chi connectivity index (χ2n) is 3.90. The normalized spacial score (nSPS) is 20.8. The van der Waals surface area contributed by atoms with Crippen molar-refractivity contribution >= 4 is 11.9 Å². The maximum atomic E-state index is 11.8. The van der Waals surface area contributed by atoms with Crippen molar-refractivity contribution in [2.75, 3.05) is 13.2 Å². The number of carbonyl (C=O) groups excluding carboxylic acids is 1. The van der Waals surface area contributed by atoms with Gasteiger partial charge in [-0.25, -0.2) is 5.06 Å². The highest BCUT2D eigenvalue weighted by molar-refractivity contribution is 5.83. The van der Waals surface area contributed by atoms with Crippen molar-refractivity contribution in [3.8, 4) is 0 Å². The van der Waals surface area contributed by atoms with E-state index in [1.54, 1.807) is 6.92 Å². The number of carboxylic acid groups (broad SMARTS) is 1. The molecular formula is C10H17NO4. The van der Waals surface area contributed by atoms with Gasteiger partial charge in [-0.1, -0.05) is 13.8 Å². The summed E-state index contributed by atoms with van der Waals surface area (Å²) in [6, 6.07) is 0. The first kappa shape index (κ1) is 12.0. The zero-order valence-electron chi connectivity index (χ0n) is 9.10. The van der Waals surface area contributed by atoms with Crippen LogP contribution in [0, 0.1) is 11.8 Å². The number of carboxylic acids is 1. The van der Waals surface area contributed by atoms with E-state index in [9.17, 15) is 9.59 Å². The topological polar surface area (TPSA) is 66.8 Å². The van der Waals surface area contributed by atoms with E-state index in [1.165, 1.54) is 12.0 Å². The van der Waals surface area contributed by atoms with E-state index in [0.717, 1.165) is 12.8 Å². The molecule has 5 nitrogen and oxygen atoms in total. The maximum absolute atomic E-state index is 11.8. The van der Waals surface area contributed by atoms with E-state index in [0.29, 0.717) is 13.2 Å². The van der Waals surface area contributed by atoms with Crippen molar-refractivity contribution in [2.24, 2.45) is 11.8 Å². The average molecular weight is 215 g/mol. The smallest absolute Gasteiger partial charge is 0.307 e. The van der Waals surface area contributed by atoms with Crippen LogP contribution in [-0.4, -0.2) is 35.2 Å². The van der Waals surface area contributed by atoms with Gasteiger partial charge in [-0.05, 0) is 12.8 Å². The number of amides is 1. The van der Waals surface area contributed by atoms with Crippen molar-refractivity contribution in [3.05, 3.63) is 0 Å².